The summed E-state index contributed by atoms with van der Waals surface area (Å²) in [6.07, 6.45) is -4.45. The van der Waals surface area contributed by atoms with Crippen LogP contribution in [0.3, 0.4) is 0 Å². The van der Waals surface area contributed by atoms with Gasteiger partial charge in [-0.25, -0.2) is 4.98 Å². The Morgan fingerprint density at radius 1 is 1.00 bits per heavy atom. The summed E-state index contributed by atoms with van der Waals surface area (Å²) in [5.41, 5.74) is 0.912. The summed E-state index contributed by atoms with van der Waals surface area (Å²) < 4.78 is 35.2. The topological polar surface area (TPSA) is 137 Å². The van der Waals surface area contributed by atoms with Crippen LogP contribution in [0.5, 0.6) is 0 Å². The third-order valence-corrected chi connectivity index (χ3v) is 9.21. The number of carbonyl (C=O) groups is 4. The highest BCUT2D eigenvalue weighted by Crippen LogP contribution is 2.40. The van der Waals surface area contributed by atoms with E-state index in [9.17, 15) is 19.2 Å². The molecule has 2 aromatic rings. The highest BCUT2D eigenvalue weighted by atomic mass is 33.1. The SMILES string of the molecule is C=CC(CO[C@@H]1O[C@H](COC(C)=O)[C@@H](OC(C)=O)[C@H](OC(C)=O)[C@H]1OC(C)=O)SSc1nc2ccccc2s1. The van der Waals surface area contributed by atoms with E-state index in [2.05, 4.69) is 11.6 Å². The molecule has 39 heavy (non-hydrogen) atoms. The second-order valence-corrected chi connectivity index (χ2v) is 12.0. The van der Waals surface area contributed by atoms with Gasteiger partial charge in [0.05, 0.1) is 22.1 Å². The second kappa shape index (κ2) is 14.7. The average Bonchev–Trinajstić information content (AvgIpc) is 3.28. The zero-order valence-electron chi connectivity index (χ0n) is 21.7. The Bertz CT molecular complexity index is 1150. The summed E-state index contributed by atoms with van der Waals surface area (Å²) in [6, 6.07) is 7.83. The molecule has 1 aromatic carbocycles. The largest absolute Gasteiger partial charge is 0.463 e. The number of para-hydroxylation sites is 1. The van der Waals surface area contributed by atoms with Crippen LogP contribution in [0.15, 0.2) is 41.3 Å². The van der Waals surface area contributed by atoms with Crippen LogP contribution in [0, 0.1) is 0 Å². The van der Waals surface area contributed by atoms with E-state index < -0.39 is 54.6 Å². The summed E-state index contributed by atoms with van der Waals surface area (Å²) >= 11 is 1.56. The summed E-state index contributed by atoms with van der Waals surface area (Å²) in [4.78, 5) is 51.8. The number of esters is 4. The Balaban J connectivity index is 1.77. The van der Waals surface area contributed by atoms with Gasteiger partial charge >= 0.3 is 23.9 Å². The van der Waals surface area contributed by atoms with Crippen molar-refractivity contribution in [2.45, 2.75) is 68.0 Å². The quantitative estimate of drug-likeness (QED) is 0.152. The molecule has 1 saturated heterocycles. The highest BCUT2D eigenvalue weighted by molar-refractivity contribution is 8.77. The lowest BCUT2D eigenvalue weighted by Crippen LogP contribution is -2.63. The molecule has 0 amide bonds. The number of carbonyl (C=O) groups excluding carboxylic acids is 4. The second-order valence-electron chi connectivity index (χ2n) is 8.30. The van der Waals surface area contributed by atoms with Crippen LogP contribution in [0.4, 0.5) is 0 Å². The van der Waals surface area contributed by atoms with Crippen molar-refractivity contribution in [1.29, 1.82) is 0 Å². The molecule has 0 bridgehead atoms. The number of benzene rings is 1. The standard InChI is InChI=1S/C25H29NO10S3/c1-6-17(38-39-25-26-18-9-7-8-10-20(18)37-25)11-32-24-23(35-16(5)30)22(34-15(4)29)21(33-14(3)28)19(36-24)12-31-13(2)27/h6-10,17,19,21-24H,1,11-12H2,2-5H3/t17?,19-,21-,22+,23-,24-/m1/s1. The van der Waals surface area contributed by atoms with Gasteiger partial charge in [-0.1, -0.05) is 29.0 Å². The van der Waals surface area contributed by atoms with Crippen molar-refractivity contribution in [2.75, 3.05) is 13.2 Å². The van der Waals surface area contributed by atoms with Gasteiger partial charge in [0.25, 0.3) is 0 Å². The molecule has 212 valence electrons. The molecule has 0 saturated carbocycles. The normalized spacial score (nSPS) is 23.4. The lowest BCUT2D eigenvalue weighted by atomic mass is 9.98. The van der Waals surface area contributed by atoms with E-state index in [4.69, 9.17) is 28.4 Å². The minimum atomic E-state index is -1.29. The molecule has 11 nitrogen and oxygen atoms in total. The van der Waals surface area contributed by atoms with E-state index >= 15 is 0 Å². The highest BCUT2D eigenvalue weighted by Gasteiger charge is 2.52. The van der Waals surface area contributed by atoms with Gasteiger partial charge in [-0.15, -0.1) is 17.9 Å². The van der Waals surface area contributed by atoms with Crippen LogP contribution in [0.2, 0.25) is 0 Å². The van der Waals surface area contributed by atoms with Crippen LogP contribution >= 0.6 is 32.9 Å². The van der Waals surface area contributed by atoms with E-state index in [-0.39, 0.29) is 18.5 Å². The van der Waals surface area contributed by atoms with E-state index in [1.807, 2.05) is 24.3 Å². The fourth-order valence-corrected chi connectivity index (χ4v) is 7.09. The van der Waals surface area contributed by atoms with E-state index in [1.165, 1.54) is 35.4 Å². The van der Waals surface area contributed by atoms with Crippen LogP contribution in [-0.2, 0) is 47.6 Å². The number of aromatic nitrogens is 1. The van der Waals surface area contributed by atoms with Crippen LogP contribution in [0.1, 0.15) is 27.7 Å². The monoisotopic (exact) mass is 599 g/mol. The third-order valence-electron chi connectivity index (χ3n) is 5.15. The van der Waals surface area contributed by atoms with Crippen molar-refractivity contribution >= 4 is 67.0 Å². The molecule has 1 aliphatic rings. The van der Waals surface area contributed by atoms with Gasteiger partial charge in [0.2, 0.25) is 0 Å². The predicted molar refractivity (Wildman–Crippen MR) is 145 cm³/mol. The maximum atomic E-state index is 12.0. The molecule has 1 aliphatic heterocycles. The Morgan fingerprint density at radius 2 is 1.64 bits per heavy atom. The fraction of sp³-hybridized carbons (Fsp3) is 0.480. The number of thiazole rings is 1. The number of ether oxygens (including phenoxy) is 6. The van der Waals surface area contributed by atoms with Crippen LogP contribution < -0.4 is 0 Å². The van der Waals surface area contributed by atoms with Gasteiger partial charge in [0, 0.05) is 27.7 Å². The smallest absolute Gasteiger partial charge is 0.303 e. The molecule has 0 spiro atoms. The van der Waals surface area contributed by atoms with Crippen molar-refractivity contribution in [3.05, 3.63) is 36.9 Å². The Labute approximate surface area is 237 Å². The summed E-state index contributed by atoms with van der Waals surface area (Å²) in [5.74, 6) is -2.72. The maximum absolute atomic E-state index is 12.0. The van der Waals surface area contributed by atoms with Gasteiger partial charge in [0.1, 0.15) is 12.7 Å². The van der Waals surface area contributed by atoms with Gasteiger partial charge < -0.3 is 28.4 Å². The molecule has 14 heteroatoms. The number of hydrogen-bond acceptors (Lipinski definition) is 14. The summed E-state index contributed by atoms with van der Waals surface area (Å²) in [7, 11) is 2.93. The number of fused-ring (bicyclic) bond motifs is 1. The molecule has 1 aromatic heterocycles. The molecule has 2 heterocycles. The first-order valence-electron chi connectivity index (χ1n) is 11.8. The molecule has 1 fully saturated rings. The van der Waals surface area contributed by atoms with Crippen molar-refractivity contribution in [3.63, 3.8) is 0 Å². The van der Waals surface area contributed by atoms with Crippen LogP contribution in [0.25, 0.3) is 10.2 Å². The zero-order valence-corrected chi connectivity index (χ0v) is 24.2. The van der Waals surface area contributed by atoms with Gasteiger partial charge in [-0.05, 0) is 22.9 Å². The predicted octanol–water partition coefficient (Wildman–Crippen LogP) is 3.69. The molecule has 6 atom stereocenters. The molecule has 0 radical (unpaired) electrons. The van der Waals surface area contributed by atoms with E-state index in [0.717, 1.165) is 28.4 Å². The molecule has 0 N–H and O–H groups in total. The molecule has 0 aliphatic carbocycles. The number of hydrogen-bond donors (Lipinski definition) is 0. The Hall–Kier alpha value is -2.65. The van der Waals surface area contributed by atoms with E-state index in [1.54, 1.807) is 17.4 Å². The molecular weight excluding hydrogens is 570 g/mol. The van der Waals surface area contributed by atoms with Crippen molar-refractivity contribution in [1.82, 2.24) is 4.98 Å². The first-order chi connectivity index (χ1) is 18.6. The fourth-order valence-electron chi connectivity index (χ4n) is 3.64. The maximum Gasteiger partial charge on any atom is 0.303 e. The number of rotatable bonds is 12. The average molecular weight is 600 g/mol. The summed E-state index contributed by atoms with van der Waals surface area (Å²) in [6.45, 7) is 8.30. The van der Waals surface area contributed by atoms with Gasteiger partial charge in [0.15, 0.2) is 28.9 Å². The minimum Gasteiger partial charge on any atom is -0.463 e. The molecule has 1 unspecified atom stereocenters. The lowest BCUT2D eigenvalue weighted by Gasteiger charge is -2.44. The Morgan fingerprint density at radius 3 is 2.26 bits per heavy atom. The third kappa shape index (κ3) is 9.21. The van der Waals surface area contributed by atoms with Crippen molar-refractivity contribution < 1.29 is 47.6 Å². The Kier molecular flexibility index (Phi) is 11.6. The number of nitrogens with zero attached hydrogens (tertiary/aromatic N) is 1. The van der Waals surface area contributed by atoms with Gasteiger partial charge in [-0.3, -0.25) is 19.2 Å². The van der Waals surface area contributed by atoms with Crippen LogP contribution in [-0.4, -0.2) is 78.0 Å². The lowest BCUT2D eigenvalue weighted by molar-refractivity contribution is -0.307. The molecular formula is C25H29NO10S3. The van der Waals surface area contributed by atoms with Crippen molar-refractivity contribution in [3.8, 4) is 0 Å². The minimum absolute atomic E-state index is 0.0692. The van der Waals surface area contributed by atoms with Crippen molar-refractivity contribution in [2.24, 2.45) is 0 Å². The molecule has 3 rings (SSSR count). The van der Waals surface area contributed by atoms with Gasteiger partial charge in [-0.2, -0.15) is 0 Å². The zero-order chi connectivity index (χ0) is 28.5. The summed E-state index contributed by atoms with van der Waals surface area (Å²) in [5, 5.41) is -0.242. The van der Waals surface area contributed by atoms with E-state index in [0.29, 0.717) is 0 Å². The first kappa shape index (κ1) is 30.9. The first-order valence-corrected chi connectivity index (χ1v) is 14.8.